The Morgan fingerprint density at radius 2 is 2.05 bits per heavy atom. The van der Waals surface area contributed by atoms with E-state index in [1.165, 1.54) is 48.8 Å². The van der Waals surface area contributed by atoms with Gasteiger partial charge in [0.25, 0.3) is 0 Å². The van der Waals surface area contributed by atoms with Gasteiger partial charge in [-0.3, -0.25) is 0 Å². The van der Waals surface area contributed by atoms with Crippen molar-refractivity contribution in [1.29, 1.82) is 0 Å². The molecule has 0 aromatic heterocycles. The van der Waals surface area contributed by atoms with E-state index in [4.69, 9.17) is 9.16 Å². The van der Waals surface area contributed by atoms with Gasteiger partial charge in [-0.25, -0.2) is 0 Å². The average molecular weight is 276 g/mol. The molecule has 2 aliphatic rings. The van der Waals surface area contributed by atoms with Crippen molar-refractivity contribution in [1.82, 2.24) is 0 Å². The summed E-state index contributed by atoms with van der Waals surface area (Å²) >= 11 is 0. The highest BCUT2D eigenvalue weighted by atomic mass is 28.2. The molecule has 3 rings (SSSR count). The fraction of sp³-hybridized carbons (Fsp3) is 0.625. The lowest BCUT2D eigenvalue weighted by molar-refractivity contribution is 0.351. The summed E-state index contributed by atoms with van der Waals surface area (Å²) in [5.74, 6) is 1.94. The fourth-order valence-corrected chi connectivity index (χ4v) is 3.89. The van der Waals surface area contributed by atoms with Gasteiger partial charge in [0.2, 0.25) is 10.5 Å². The second kappa shape index (κ2) is 5.29. The van der Waals surface area contributed by atoms with Crippen molar-refractivity contribution in [3.8, 4) is 5.75 Å². The van der Waals surface area contributed by atoms with Crippen molar-refractivity contribution in [3.05, 3.63) is 28.8 Å². The molecule has 1 saturated heterocycles. The Labute approximate surface area is 119 Å². The minimum Gasteiger partial charge on any atom is -0.553 e. The Balaban J connectivity index is 1.61. The highest BCUT2D eigenvalue weighted by molar-refractivity contribution is 6.00. The van der Waals surface area contributed by atoms with Crippen LogP contribution in [0.5, 0.6) is 5.75 Å². The van der Waals surface area contributed by atoms with E-state index in [1.807, 2.05) is 0 Å². The fourth-order valence-electron chi connectivity index (χ4n) is 3.45. The summed E-state index contributed by atoms with van der Waals surface area (Å²) in [5, 5.41) is 0. The maximum absolute atomic E-state index is 5.62. The largest absolute Gasteiger partial charge is 0.553 e. The molecule has 1 aromatic carbocycles. The molecule has 0 amide bonds. The second-order valence-electron chi connectivity index (χ2n) is 6.11. The van der Waals surface area contributed by atoms with Crippen LogP contribution in [-0.4, -0.2) is 22.7 Å². The molecule has 2 fully saturated rings. The quantitative estimate of drug-likeness (QED) is 0.622. The van der Waals surface area contributed by atoms with Gasteiger partial charge >= 0.3 is 0 Å². The van der Waals surface area contributed by atoms with Crippen LogP contribution in [0, 0.1) is 19.8 Å². The van der Waals surface area contributed by atoms with Crippen molar-refractivity contribution in [2.75, 3.05) is 0 Å². The van der Waals surface area contributed by atoms with Gasteiger partial charge < -0.3 is 9.16 Å². The van der Waals surface area contributed by atoms with Crippen molar-refractivity contribution >= 4 is 10.5 Å². The maximum Gasteiger partial charge on any atom is 0.204 e. The van der Waals surface area contributed by atoms with Gasteiger partial charge in [-0.05, 0) is 74.6 Å². The van der Waals surface area contributed by atoms with Gasteiger partial charge in [-0.1, -0.05) is 6.07 Å². The molecule has 1 aliphatic heterocycles. The van der Waals surface area contributed by atoms with Crippen LogP contribution in [0.25, 0.3) is 0 Å². The number of rotatable bonds is 4. The van der Waals surface area contributed by atoms with Gasteiger partial charge in [-0.2, -0.15) is 0 Å². The summed E-state index contributed by atoms with van der Waals surface area (Å²) in [7, 11) is 0.768. The first-order chi connectivity index (χ1) is 9.19. The maximum atomic E-state index is 5.62. The summed E-state index contributed by atoms with van der Waals surface area (Å²) in [5.41, 5.74) is 4.24. The number of benzene rings is 1. The average Bonchev–Trinajstić information content (AvgIpc) is 3.19. The molecule has 0 N–H and O–H groups in total. The highest BCUT2D eigenvalue weighted by Crippen LogP contribution is 2.41. The zero-order valence-electron chi connectivity index (χ0n) is 12.2. The molecule has 3 atom stereocenters. The Hall–Kier alpha value is -0.803. The van der Waals surface area contributed by atoms with E-state index in [0.29, 0.717) is 12.2 Å². The zero-order valence-corrected chi connectivity index (χ0v) is 14.2. The Morgan fingerprint density at radius 1 is 1.21 bits per heavy atom. The van der Waals surface area contributed by atoms with Crippen LogP contribution in [0.2, 0.25) is 0 Å². The van der Waals surface area contributed by atoms with Crippen LogP contribution < -0.4 is 4.43 Å². The van der Waals surface area contributed by atoms with Gasteiger partial charge in [-0.15, -0.1) is 0 Å². The smallest absolute Gasteiger partial charge is 0.204 e. The number of hydrogen-bond acceptors (Lipinski definition) is 2. The molecule has 0 radical (unpaired) electrons. The van der Waals surface area contributed by atoms with Crippen LogP contribution in [0.15, 0.2) is 12.1 Å². The van der Waals surface area contributed by atoms with E-state index >= 15 is 0 Å². The molecule has 0 bridgehead atoms. The SMILES string of the molecule is Cc1c(CCC2CCC3OC3C2)ccc(O[SiH3])c1C. The topological polar surface area (TPSA) is 21.8 Å². The molecular weight excluding hydrogens is 252 g/mol. The Kier molecular flexibility index (Phi) is 3.67. The summed E-state index contributed by atoms with van der Waals surface area (Å²) in [6, 6.07) is 4.40. The highest BCUT2D eigenvalue weighted by Gasteiger charge is 2.43. The first kappa shape index (κ1) is 13.2. The summed E-state index contributed by atoms with van der Waals surface area (Å²) in [6.07, 6.45) is 7.71. The summed E-state index contributed by atoms with van der Waals surface area (Å²) in [6.45, 7) is 4.41. The molecule has 1 aromatic rings. The number of epoxide rings is 1. The molecular formula is C16H24O2Si. The molecule has 1 saturated carbocycles. The first-order valence-corrected chi connectivity index (χ1v) is 8.29. The number of ether oxygens (including phenoxy) is 1. The molecule has 3 heteroatoms. The van der Waals surface area contributed by atoms with Crippen LogP contribution in [-0.2, 0) is 11.2 Å². The van der Waals surface area contributed by atoms with Crippen molar-refractivity contribution < 1.29 is 9.16 Å². The normalized spacial score (nSPS) is 29.1. The van der Waals surface area contributed by atoms with Crippen molar-refractivity contribution in [2.45, 2.75) is 58.2 Å². The number of aryl methyl sites for hydroxylation is 1. The zero-order chi connectivity index (χ0) is 13.4. The van der Waals surface area contributed by atoms with E-state index < -0.39 is 0 Å². The van der Waals surface area contributed by atoms with Gasteiger partial charge in [0.15, 0.2) is 0 Å². The van der Waals surface area contributed by atoms with E-state index in [9.17, 15) is 0 Å². The molecule has 2 nitrogen and oxygen atoms in total. The van der Waals surface area contributed by atoms with Crippen molar-refractivity contribution in [3.63, 3.8) is 0 Å². The summed E-state index contributed by atoms with van der Waals surface area (Å²) < 4.78 is 11.1. The van der Waals surface area contributed by atoms with Gasteiger partial charge in [0, 0.05) is 0 Å². The predicted molar refractivity (Wildman–Crippen MR) is 80.8 cm³/mol. The predicted octanol–water partition coefficient (Wildman–Crippen LogP) is 2.46. The van der Waals surface area contributed by atoms with Crippen LogP contribution in [0.4, 0.5) is 0 Å². The Bertz CT molecular complexity index is 472. The van der Waals surface area contributed by atoms with Gasteiger partial charge in [0.05, 0.1) is 12.2 Å². The number of hydrogen-bond donors (Lipinski definition) is 0. The Morgan fingerprint density at radius 3 is 2.79 bits per heavy atom. The third-order valence-electron chi connectivity index (χ3n) is 5.00. The van der Waals surface area contributed by atoms with E-state index in [2.05, 4.69) is 26.0 Å². The first-order valence-electron chi connectivity index (χ1n) is 7.47. The molecule has 3 unspecified atom stereocenters. The minimum atomic E-state index is 0.613. The lowest BCUT2D eigenvalue weighted by Crippen LogP contribution is -2.14. The standard InChI is InChI=1S/C16H24O2Si/c1-10-11(2)14(18-19)8-6-13(10)5-3-12-4-7-15-16(9-12)17-15/h6,8,12,15-16H,3-5,7,9H2,1-2,19H3. The molecule has 19 heavy (non-hydrogen) atoms. The van der Waals surface area contributed by atoms with Crippen LogP contribution in [0.1, 0.15) is 42.4 Å². The number of fused-ring (bicyclic) bond motifs is 1. The molecule has 1 aliphatic carbocycles. The minimum absolute atomic E-state index is 0.613. The second-order valence-corrected chi connectivity index (χ2v) is 6.52. The summed E-state index contributed by atoms with van der Waals surface area (Å²) in [4.78, 5) is 0. The van der Waals surface area contributed by atoms with Gasteiger partial charge in [0.1, 0.15) is 5.75 Å². The lowest BCUT2D eigenvalue weighted by Gasteiger charge is -2.20. The van der Waals surface area contributed by atoms with Crippen molar-refractivity contribution in [2.24, 2.45) is 5.92 Å². The monoisotopic (exact) mass is 276 g/mol. The molecule has 1 heterocycles. The van der Waals surface area contributed by atoms with E-state index in [-0.39, 0.29) is 0 Å². The lowest BCUT2D eigenvalue weighted by atomic mass is 9.84. The third kappa shape index (κ3) is 2.72. The molecule has 104 valence electrons. The van der Waals surface area contributed by atoms with E-state index in [0.717, 1.165) is 22.2 Å². The molecule has 0 spiro atoms. The van der Waals surface area contributed by atoms with Crippen LogP contribution in [0.3, 0.4) is 0 Å². The van der Waals surface area contributed by atoms with E-state index in [1.54, 1.807) is 0 Å². The third-order valence-corrected chi connectivity index (χ3v) is 5.44. The van der Waals surface area contributed by atoms with Crippen LogP contribution >= 0.6 is 0 Å².